The molecule has 0 radical (unpaired) electrons. The molecule has 0 aliphatic rings. The maximum absolute atomic E-state index is 11.5. The van der Waals surface area contributed by atoms with Gasteiger partial charge in [-0.25, -0.2) is 4.79 Å². The molecule has 0 rings (SSSR count). The van der Waals surface area contributed by atoms with Gasteiger partial charge in [0.1, 0.15) is 6.61 Å². The molecule has 0 saturated heterocycles. The van der Waals surface area contributed by atoms with Crippen LogP contribution in [0.3, 0.4) is 0 Å². The van der Waals surface area contributed by atoms with Crippen molar-refractivity contribution in [2.24, 2.45) is 17.6 Å². The van der Waals surface area contributed by atoms with Crippen LogP contribution in [0, 0.1) is 11.8 Å². The molecule has 0 aliphatic heterocycles. The molecular weight excluding hydrogens is 190 g/mol. The maximum Gasteiger partial charge on any atom is 0.333 e. The first-order valence-electron chi connectivity index (χ1n) is 5.58. The van der Waals surface area contributed by atoms with Gasteiger partial charge in [0.2, 0.25) is 0 Å². The van der Waals surface area contributed by atoms with E-state index in [0.29, 0.717) is 18.0 Å². The zero-order valence-corrected chi connectivity index (χ0v) is 10.1. The number of carbonyl (C=O) groups is 1. The van der Waals surface area contributed by atoms with E-state index >= 15 is 0 Å². The molecule has 0 aromatic heterocycles. The molecule has 0 aliphatic carbocycles. The van der Waals surface area contributed by atoms with Crippen LogP contribution in [-0.2, 0) is 9.53 Å². The molecule has 3 heteroatoms. The minimum atomic E-state index is -0.298. The van der Waals surface area contributed by atoms with E-state index in [2.05, 4.69) is 27.4 Å². The van der Waals surface area contributed by atoms with Gasteiger partial charge in [0, 0.05) is 12.1 Å². The molecule has 0 aromatic carbocycles. The summed E-state index contributed by atoms with van der Waals surface area (Å²) in [5.41, 5.74) is 5.84. The zero-order valence-electron chi connectivity index (χ0n) is 10.1. The Morgan fingerprint density at radius 1 is 1.47 bits per heavy atom. The molecule has 0 aromatic rings. The monoisotopic (exact) mass is 213 g/mol. The number of hydrogen-bond donors (Lipinski definition) is 1. The van der Waals surface area contributed by atoms with Gasteiger partial charge in [-0.05, 0) is 24.7 Å². The quantitative estimate of drug-likeness (QED) is 0.520. The van der Waals surface area contributed by atoms with Crippen molar-refractivity contribution in [3.63, 3.8) is 0 Å². The fourth-order valence-corrected chi connectivity index (χ4v) is 1.54. The Morgan fingerprint density at radius 2 is 2.07 bits per heavy atom. The van der Waals surface area contributed by atoms with E-state index < -0.39 is 0 Å². The van der Waals surface area contributed by atoms with E-state index in [1.807, 2.05) is 0 Å². The SMILES string of the molecule is C=C(C(=O)OCCN)C(CC)CC(C)C. The number of rotatable bonds is 7. The predicted molar refractivity (Wildman–Crippen MR) is 62.4 cm³/mol. The van der Waals surface area contributed by atoms with Crippen molar-refractivity contribution < 1.29 is 9.53 Å². The first-order valence-corrected chi connectivity index (χ1v) is 5.58. The highest BCUT2D eigenvalue weighted by atomic mass is 16.5. The Bertz CT molecular complexity index is 212. The van der Waals surface area contributed by atoms with Crippen LogP contribution in [0.2, 0.25) is 0 Å². The number of hydrogen-bond acceptors (Lipinski definition) is 3. The summed E-state index contributed by atoms with van der Waals surface area (Å²) in [6.07, 6.45) is 1.90. The van der Waals surface area contributed by atoms with Crippen molar-refractivity contribution in [1.82, 2.24) is 0 Å². The Hall–Kier alpha value is -0.830. The number of carbonyl (C=O) groups excluding carboxylic acids is 1. The van der Waals surface area contributed by atoms with E-state index in [9.17, 15) is 4.79 Å². The van der Waals surface area contributed by atoms with Gasteiger partial charge in [-0.15, -0.1) is 0 Å². The summed E-state index contributed by atoms with van der Waals surface area (Å²) in [6.45, 7) is 10.8. The summed E-state index contributed by atoms with van der Waals surface area (Å²) in [5.74, 6) is 0.497. The Kier molecular flexibility index (Phi) is 7.05. The van der Waals surface area contributed by atoms with Gasteiger partial charge in [0.25, 0.3) is 0 Å². The van der Waals surface area contributed by atoms with E-state index in [1.54, 1.807) is 0 Å². The van der Waals surface area contributed by atoms with E-state index in [4.69, 9.17) is 10.5 Å². The van der Waals surface area contributed by atoms with Gasteiger partial charge >= 0.3 is 5.97 Å². The lowest BCUT2D eigenvalue weighted by Crippen LogP contribution is -2.19. The van der Waals surface area contributed by atoms with E-state index in [-0.39, 0.29) is 18.5 Å². The van der Waals surface area contributed by atoms with Gasteiger partial charge in [-0.2, -0.15) is 0 Å². The standard InChI is InChI=1S/C12H23NO2/c1-5-11(8-9(2)3)10(4)12(14)15-7-6-13/h9,11H,4-8,13H2,1-3H3. The number of ether oxygens (including phenoxy) is 1. The van der Waals surface area contributed by atoms with Gasteiger partial charge in [-0.3, -0.25) is 0 Å². The first kappa shape index (κ1) is 14.2. The smallest absolute Gasteiger partial charge is 0.333 e. The summed E-state index contributed by atoms with van der Waals surface area (Å²) in [6, 6.07) is 0. The molecule has 0 fully saturated rings. The molecular formula is C12H23NO2. The van der Waals surface area contributed by atoms with Crippen LogP contribution in [-0.4, -0.2) is 19.1 Å². The zero-order chi connectivity index (χ0) is 11.8. The molecule has 1 unspecified atom stereocenters. The molecule has 2 N–H and O–H groups in total. The molecule has 88 valence electrons. The third-order valence-corrected chi connectivity index (χ3v) is 2.35. The van der Waals surface area contributed by atoms with Crippen LogP contribution in [0.1, 0.15) is 33.6 Å². The minimum absolute atomic E-state index is 0.232. The predicted octanol–water partition coefficient (Wildman–Crippen LogP) is 2.12. The topological polar surface area (TPSA) is 52.3 Å². The summed E-state index contributed by atoms with van der Waals surface area (Å²) in [5, 5.41) is 0. The fourth-order valence-electron chi connectivity index (χ4n) is 1.54. The second-order valence-corrected chi connectivity index (χ2v) is 4.18. The second kappa shape index (κ2) is 7.46. The highest BCUT2D eigenvalue weighted by Gasteiger charge is 2.19. The Balaban J connectivity index is 4.18. The average molecular weight is 213 g/mol. The van der Waals surface area contributed by atoms with Crippen LogP contribution in [0.5, 0.6) is 0 Å². The lowest BCUT2D eigenvalue weighted by Gasteiger charge is -2.18. The highest BCUT2D eigenvalue weighted by Crippen LogP contribution is 2.23. The van der Waals surface area contributed by atoms with Crippen LogP contribution < -0.4 is 5.73 Å². The second-order valence-electron chi connectivity index (χ2n) is 4.18. The average Bonchev–Trinajstić information content (AvgIpc) is 2.21. The van der Waals surface area contributed by atoms with Crippen molar-refractivity contribution in [1.29, 1.82) is 0 Å². The van der Waals surface area contributed by atoms with Crippen molar-refractivity contribution in [2.75, 3.05) is 13.2 Å². The molecule has 0 amide bonds. The Labute approximate surface area is 92.7 Å². The molecule has 15 heavy (non-hydrogen) atoms. The first-order chi connectivity index (χ1) is 7.02. The fraction of sp³-hybridized carbons (Fsp3) is 0.750. The van der Waals surface area contributed by atoms with E-state index in [1.165, 1.54) is 0 Å². The molecule has 0 bridgehead atoms. The van der Waals surface area contributed by atoms with Crippen LogP contribution in [0.25, 0.3) is 0 Å². The van der Waals surface area contributed by atoms with Gasteiger partial charge < -0.3 is 10.5 Å². The molecule has 1 atom stereocenters. The summed E-state index contributed by atoms with van der Waals surface area (Å²) in [7, 11) is 0. The maximum atomic E-state index is 11.5. The van der Waals surface area contributed by atoms with Crippen LogP contribution >= 0.6 is 0 Å². The van der Waals surface area contributed by atoms with Crippen LogP contribution in [0.4, 0.5) is 0 Å². The minimum Gasteiger partial charge on any atom is -0.461 e. The molecule has 3 nitrogen and oxygen atoms in total. The largest absolute Gasteiger partial charge is 0.461 e. The molecule has 0 saturated carbocycles. The van der Waals surface area contributed by atoms with Crippen molar-refractivity contribution >= 4 is 5.97 Å². The number of esters is 1. The van der Waals surface area contributed by atoms with Crippen molar-refractivity contribution in [3.8, 4) is 0 Å². The van der Waals surface area contributed by atoms with E-state index in [0.717, 1.165) is 12.8 Å². The molecule has 0 heterocycles. The Morgan fingerprint density at radius 3 is 2.47 bits per heavy atom. The third kappa shape index (κ3) is 5.57. The summed E-state index contributed by atoms with van der Waals surface area (Å²) >= 11 is 0. The summed E-state index contributed by atoms with van der Waals surface area (Å²) in [4.78, 5) is 11.5. The normalized spacial score (nSPS) is 12.6. The summed E-state index contributed by atoms with van der Waals surface area (Å²) < 4.78 is 4.95. The van der Waals surface area contributed by atoms with Crippen molar-refractivity contribution in [2.45, 2.75) is 33.6 Å². The lowest BCUT2D eigenvalue weighted by atomic mass is 9.89. The van der Waals surface area contributed by atoms with Crippen LogP contribution in [0.15, 0.2) is 12.2 Å². The highest BCUT2D eigenvalue weighted by molar-refractivity contribution is 5.88. The van der Waals surface area contributed by atoms with Gasteiger partial charge in [-0.1, -0.05) is 27.4 Å². The van der Waals surface area contributed by atoms with Gasteiger partial charge in [0.15, 0.2) is 0 Å². The van der Waals surface area contributed by atoms with Crippen molar-refractivity contribution in [3.05, 3.63) is 12.2 Å². The van der Waals surface area contributed by atoms with Gasteiger partial charge in [0.05, 0.1) is 0 Å². The molecule has 0 spiro atoms. The lowest BCUT2D eigenvalue weighted by molar-refractivity contribution is -0.139. The number of nitrogens with two attached hydrogens (primary N) is 1. The third-order valence-electron chi connectivity index (χ3n) is 2.35.